The zero-order valence-electron chi connectivity index (χ0n) is 35.8. The third-order valence-electron chi connectivity index (χ3n) is 12.1. The van der Waals surface area contributed by atoms with Crippen LogP contribution in [0.3, 0.4) is 0 Å². The lowest BCUT2D eigenvalue weighted by Crippen LogP contribution is -2.25. The minimum absolute atomic E-state index is 0.00809. The summed E-state index contributed by atoms with van der Waals surface area (Å²) in [5.74, 6) is 0.945. The van der Waals surface area contributed by atoms with Crippen LogP contribution in [-0.4, -0.2) is 26.2 Å². The molecule has 0 unspecified atom stereocenters. The smallest absolute Gasteiger partial charge is 0.137 e. The number of pyridine rings is 3. The lowest BCUT2D eigenvalue weighted by molar-refractivity contribution is 0.588. The van der Waals surface area contributed by atoms with E-state index in [9.17, 15) is 0 Å². The van der Waals surface area contributed by atoms with Gasteiger partial charge in [0.15, 0.2) is 0 Å². The number of para-hydroxylation sites is 4. The summed E-state index contributed by atoms with van der Waals surface area (Å²) in [5.41, 5.74) is 15.9. The van der Waals surface area contributed by atoms with Crippen molar-refractivity contribution in [2.24, 2.45) is 0 Å². The van der Waals surface area contributed by atoms with Crippen LogP contribution in [0.1, 0.15) is 63.8 Å². The molecule has 6 heteroatoms. The van der Waals surface area contributed by atoms with Gasteiger partial charge in [0, 0.05) is 46.2 Å². The van der Waals surface area contributed by atoms with Crippen LogP contribution < -0.4 is 9.80 Å². The molecule has 1 aliphatic heterocycles. The van der Waals surface area contributed by atoms with Crippen LogP contribution in [0.25, 0.3) is 50.1 Å². The first-order valence-corrected chi connectivity index (χ1v) is 21.2. The maximum absolute atomic E-state index is 4.94. The molecular formula is C55H50N6. The monoisotopic (exact) mass is 794 g/mol. The van der Waals surface area contributed by atoms with Crippen LogP contribution in [-0.2, 0) is 17.3 Å². The Morgan fingerprint density at radius 3 is 1.79 bits per heavy atom. The summed E-state index contributed by atoms with van der Waals surface area (Å²) >= 11 is 0. The average Bonchev–Trinajstić information content (AvgIpc) is 3.82. The maximum Gasteiger partial charge on any atom is 0.137 e. The SMILES string of the molecule is CC(C)(C)c1cc(Cc2ccc3c4ccccc4n(-c4cc(C(C)(C)C)ccn4)c3c2)cc(N2CN(c3c(-c4ccccn4)cccc3-c3ccccn3)c3ccccc32)c1. The Morgan fingerprint density at radius 1 is 0.475 bits per heavy atom. The van der Waals surface area contributed by atoms with Crippen molar-refractivity contribution in [3.8, 4) is 28.3 Å². The Balaban J connectivity index is 1.09. The molecule has 0 N–H and O–H groups in total. The van der Waals surface area contributed by atoms with Crippen molar-refractivity contribution in [2.75, 3.05) is 16.5 Å². The van der Waals surface area contributed by atoms with Gasteiger partial charge >= 0.3 is 0 Å². The van der Waals surface area contributed by atoms with Gasteiger partial charge in [0.25, 0.3) is 0 Å². The molecule has 0 saturated carbocycles. The standard InChI is InChI=1S/C55H50N6/c1-54(2,3)39-26-29-58-52(35-39)61-48-21-8-7-16-42(48)43-25-24-37(33-51(43)61)30-38-31-40(55(4,5)6)34-41(32-38)59-36-60(50-23-10-9-22-49(50)59)53-44(46-19-11-13-27-56-46)17-15-18-45(53)47-20-12-14-28-57-47/h7-29,31-35H,30,36H2,1-6H3. The number of rotatable bonds is 7. The van der Waals surface area contributed by atoms with Gasteiger partial charge in [-0.25, -0.2) is 4.98 Å². The van der Waals surface area contributed by atoms with Crippen molar-refractivity contribution in [3.63, 3.8) is 0 Å². The van der Waals surface area contributed by atoms with Crippen molar-refractivity contribution in [1.29, 1.82) is 0 Å². The third kappa shape index (κ3) is 7.02. The van der Waals surface area contributed by atoms with Crippen LogP contribution in [0.4, 0.5) is 22.7 Å². The molecule has 0 aliphatic carbocycles. The molecule has 6 nitrogen and oxygen atoms in total. The molecule has 0 saturated heterocycles. The molecule has 0 spiro atoms. The number of anilines is 4. The molecule has 61 heavy (non-hydrogen) atoms. The molecule has 5 heterocycles. The Hall–Kier alpha value is -7.05. The normalized spacial score (nSPS) is 13.0. The quantitative estimate of drug-likeness (QED) is 0.161. The molecule has 9 aromatic rings. The number of nitrogens with zero attached hydrogens (tertiary/aromatic N) is 6. The molecule has 0 amide bonds. The Morgan fingerprint density at radius 2 is 1.11 bits per heavy atom. The van der Waals surface area contributed by atoms with E-state index >= 15 is 0 Å². The second-order valence-electron chi connectivity index (χ2n) is 18.3. The number of hydrogen-bond donors (Lipinski definition) is 0. The number of benzene rings is 5. The Kier molecular flexibility index (Phi) is 9.32. The fourth-order valence-electron chi connectivity index (χ4n) is 8.90. The van der Waals surface area contributed by atoms with Crippen LogP contribution in [0.15, 0.2) is 170 Å². The number of fused-ring (bicyclic) bond motifs is 4. The first-order chi connectivity index (χ1) is 29.5. The van der Waals surface area contributed by atoms with E-state index in [4.69, 9.17) is 15.0 Å². The predicted octanol–water partition coefficient (Wildman–Crippen LogP) is 13.7. The van der Waals surface area contributed by atoms with Crippen LogP contribution in [0.2, 0.25) is 0 Å². The van der Waals surface area contributed by atoms with Gasteiger partial charge in [-0.3, -0.25) is 14.5 Å². The minimum Gasteiger partial charge on any atom is -0.321 e. The number of hydrogen-bond acceptors (Lipinski definition) is 5. The first-order valence-electron chi connectivity index (χ1n) is 21.2. The van der Waals surface area contributed by atoms with Crippen molar-refractivity contribution in [1.82, 2.24) is 19.5 Å². The second-order valence-corrected chi connectivity index (χ2v) is 18.3. The van der Waals surface area contributed by atoms with Crippen molar-refractivity contribution < 1.29 is 0 Å². The fourth-order valence-corrected chi connectivity index (χ4v) is 8.90. The number of aromatic nitrogens is 4. The minimum atomic E-state index is -0.0679. The lowest BCUT2D eigenvalue weighted by atomic mass is 9.85. The molecular weight excluding hydrogens is 745 g/mol. The molecule has 0 atom stereocenters. The van der Waals surface area contributed by atoms with Gasteiger partial charge < -0.3 is 9.80 Å². The Labute approximate surface area is 358 Å². The van der Waals surface area contributed by atoms with Crippen molar-refractivity contribution in [3.05, 3.63) is 193 Å². The molecule has 10 rings (SSSR count). The highest BCUT2D eigenvalue weighted by atomic mass is 15.4. The zero-order valence-corrected chi connectivity index (χ0v) is 35.8. The van der Waals surface area contributed by atoms with Gasteiger partial charge in [0.05, 0.1) is 39.5 Å². The molecule has 5 aromatic carbocycles. The first kappa shape index (κ1) is 38.2. The van der Waals surface area contributed by atoms with Crippen molar-refractivity contribution in [2.45, 2.75) is 58.8 Å². The highest BCUT2D eigenvalue weighted by Gasteiger charge is 2.32. The van der Waals surface area contributed by atoms with E-state index in [2.05, 4.69) is 195 Å². The zero-order chi connectivity index (χ0) is 41.9. The molecule has 4 aromatic heterocycles. The second kappa shape index (κ2) is 14.9. The van der Waals surface area contributed by atoms with Gasteiger partial charge in [-0.05, 0) is 112 Å². The van der Waals surface area contributed by atoms with Crippen LogP contribution in [0, 0.1) is 0 Å². The van der Waals surface area contributed by atoms with Gasteiger partial charge in [0.2, 0.25) is 0 Å². The molecule has 0 fully saturated rings. The van der Waals surface area contributed by atoms with Gasteiger partial charge in [-0.15, -0.1) is 0 Å². The van der Waals surface area contributed by atoms with Gasteiger partial charge in [-0.2, -0.15) is 0 Å². The van der Waals surface area contributed by atoms with E-state index in [1.54, 1.807) is 0 Å². The van der Waals surface area contributed by atoms with Crippen molar-refractivity contribution >= 4 is 44.6 Å². The Bertz CT molecular complexity index is 3000. The van der Waals surface area contributed by atoms with E-state index in [0.717, 1.165) is 46.1 Å². The predicted molar refractivity (Wildman–Crippen MR) is 254 cm³/mol. The summed E-state index contributed by atoms with van der Waals surface area (Å²) in [6, 6.07) is 54.8. The van der Waals surface area contributed by atoms with Crippen LogP contribution >= 0.6 is 0 Å². The molecule has 1 aliphatic rings. The largest absolute Gasteiger partial charge is 0.321 e. The lowest BCUT2D eigenvalue weighted by Gasteiger charge is -2.28. The topological polar surface area (TPSA) is 50.1 Å². The fraction of sp³-hybridized carbons (Fsp3) is 0.182. The van der Waals surface area contributed by atoms with E-state index < -0.39 is 0 Å². The summed E-state index contributed by atoms with van der Waals surface area (Å²) in [4.78, 5) is 19.5. The van der Waals surface area contributed by atoms with E-state index in [1.165, 1.54) is 55.4 Å². The highest BCUT2D eigenvalue weighted by Crippen LogP contribution is 2.50. The summed E-state index contributed by atoms with van der Waals surface area (Å²) in [7, 11) is 0. The summed E-state index contributed by atoms with van der Waals surface area (Å²) in [6.07, 6.45) is 6.48. The highest BCUT2D eigenvalue weighted by molar-refractivity contribution is 6.09. The summed E-state index contributed by atoms with van der Waals surface area (Å²) in [6.45, 7) is 14.3. The average molecular weight is 795 g/mol. The molecule has 0 radical (unpaired) electrons. The third-order valence-corrected chi connectivity index (χ3v) is 12.1. The van der Waals surface area contributed by atoms with Crippen LogP contribution in [0.5, 0.6) is 0 Å². The summed E-state index contributed by atoms with van der Waals surface area (Å²) in [5, 5.41) is 2.47. The van der Waals surface area contributed by atoms with Gasteiger partial charge in [-0.1, -0.05) is 120 Å². The summed E-state index contributed by atoms with van der Waals surface area (Å²) < 4.78 is 2.35. The van der Waals surface area contributed by atoms with Gasteiger partial charge in [0.1, 0.15) is 12.5 Å². The molecule has 300 valence electrons. The maximum atomic E-state index is 4.94. The van der Waals surface area contributed by atoms with E-state index in [1.807, 2.05) is 30.7 Å². The van der Waals surface area contributed by atoms with E-state index in [0.29, 0.717) is 6.67 Å². The van der Waals surface area contributed by atoms with E-state index in [-0.39, 0.29) is 10.8 Å². The molecule has 0 bridgehead atoms.